The fourth-order valence-corrected chi connectivity index (χ4v) is 5.05. The van der Waals surface area contributed by atoms with Gasteiger partial charge < -0.3 is 9.64 Å². The number of sulfonamides is 2. The van der Waals surface area contributed by atoms with Gasteiger partial charge in [-0.05, 0) is 36.4 Å². The lowest BCUT2D eigenvalue weighted by molar-refractivity contribution is -0.134. The van der Waals surface area contributed by atoms with Crippen LogP contribution in [0.25, 0.3) is 0 Å². The third-order valence-electron chi connectivity index (χ3n) is 5.03. The summed E-state index contributed by atoms with van der Waals surface area (Å²) in [4.78, 5) is 14.3. The van der Waals surface area contributed by atoms with E-state index in [0.29, 0.717) is 11.4 Å². The van der Waals surface area contributed by atoms with Crippen molar-refractivity contribution in [2.24, 2.45) is 0 Å². The van der Waals surface area contributed by atoms with Gasteiger partial charge in [-0.2, -0.15) is 4.31 Å². The Balaban J connectivity index is 1.51. The molecule has 1 amide bonds. The summed E-state index contributed by atoms with van der Waals surface area (Å²) in [6, 6.07) is 14.6. The summed E-state index contributed by atoms with van der Waals surface area (Å²) >= 11 is 0. The van der Waals surface area contributed by atoms with Crippen LogP contribution in [0.2, 0.25) is 0 Å². The average molecular weight is 468 g/mol. The zero-order chi connectivity index (χ0) is 22.6. The lowest BCUT2D eigenvalue weighted by Gasteiger charge is -2.34. The Morgan fingerprint density at radius 1 is 0.935 bits per heavy atom. The first-order valence-corrected chi connectivity index (χ1v) is 12.9. The van der Waals surface area contributed by atoms with Gasteiger partial charge in [-0.3, -0.25) is 9.10 Å². The Hall–Kier alpha value is -2.63. The van der Waals surface area contributed by atoms with Crippen LogP contribution in [-0.4, -0.2) is 78.0 Å². The quantitative estimate of drug-likeness (QED) is 0.602. The van der Waals surface area contributed by atoms with Crippen molar-refractivity contribution in [3.8, 4) is 5.75 Å². The van der Waals surface area contributed by atoms with Crippen LogP contribution in [0.5, 0.6) is 5.75 Å². The molecule has 1 aliphatic heterocycles. The number of rotatable bonds is 7. The molecule has 0 aliphatic carbocycles. The van der Waals surface area contributed by atoms with Crippen molar-refractivity contribution >= 4 is 31.6 Å². The number of carbonyl (C=O) groups is 1. The highest BCUT2D eigenvalue weighted by molar-refractivity contribution is 7.92. The second kappa shape index (κ2) is 9.25. The van der Waals surface area contributed by atoms with Gasteiger partial charge in [-0.1, -0.05) is 18.2 Å². The van der Waals surface area contributed by atoms with E-state index in [1.54, 1.807) is 59.5 Å². The minimum atomic E-state index is -3.57. The number of piperazine rings is 1. The molecule has 0 unspecified atom stereocenters. The van der Waals surface area contributed by atoms with E-state index in [1.165, 1.54) is 11.4 Å². The molecule has 0 saturated carbocycles. The van der Waals surface area contributed by atoms with Crippen LogP contribution in [-0.2, 0) is 24.8 Å². The summed E-state index contributed by atoms with van der Waals surface area (Å²) in [7, 11) is -5.48. The van der Waals surface area contributed by atoms with E-state index in [9.17, 15) is 21.6 Å². The highest BCUT2D eigenvalue weighted by Crippen LogP contribution is 2.21. The van der Waals surface area contributed by atoms with Gasteiger partial charge in [0.05, 0.1) is 16.8 Å². The fourth-order valence-electron chi connectivity index (χ4n) is 3.10. The normalized spacial score (nSPS) is 15.5. The van der Waals surface area contributed by atoms with Crippen molar-refractivity contribution in [2.45, 2.75) is 4.90 Å². The van der Waals surface area contributed by atoms with Crippen LogP contribution in [0.4, 0.5) is 5.69 Å². The number of anilines is 1. The highest BCUT2D eigenvalue weighted by Gasteiger charge is 2.30. The molecule has 2 aromatic carbocycles. The summed E-state index contributed by atoms with van der Waals surface area (Å²) in [5.74, 6) is 0.193. The maximum absolute atomic E-state index is 12.7. The molecule has 1 aliphatic rings. The summed E-state index contributed by atoms with van der Waals surface area (Å²) in [5, 5.41) is 0. The lowest BCUT2D eigenvalue weighted by Crippen LogP contribution is -2.51. The number of benzene rings is 2. The van der Waals surface area contributed by atoms with Crippen LogP contribution in [0.1, 0.15) is 0 Å². The fraction of sp³-hybridized carbons (Fsp3) is 0.350. The molecular formula is C20H25N3O6S2. The molecule has 3 rings (SSSR count). The Labute approximate surface area is 182 Å². The van der Waals surface area contributed by atoms with Crippen molar-refractivity contribution in [2.75, 3.05) is 50.4 Å². The molecule has 0 aromatic heterocycles. The monoisotopic (exact) mass is 467 g/mol. The number of nitrogens with zero attached hydrogens (tertiary/aromatic N) is 3. The van der Waals surface area contributed by atoms with Gasteiger partial charge in [0.25, 0.3) is 5.91 Å². The molecular weight excluding hydrogens is 442 g/mol. The SMILES string of the molecule is CN(c1ccc(OCC(=O)N2CCN(S(=O)(=O)c3ccccc3)CC2)cc1)S(C)(=O)=O. The summed E-state index contributed by atoms with van der Waals surface area (Å²) in [5.41, 5.74) is 0.483. The molecule has 1 fully saturated rings. The second-order valence-corrected chi connectivity index (χ2v) is 11.1. The Bertz CT molecular complexity index is 1110. The maximum atomic E-state index is 12.7. The highest BCUT2D eigenvalue weighted by atomic mass is 32.2. The smallest absolute Gasteiger partial charge is 0.260 e. The first-order chi connectivity index (χ1) is 14.6. The topological polar surface area (TPSA) is 104 Å². The van der Waals surface area contributed by atoms with Crippen molar-refractivity contribution < 1.29 is 26.4 Å². The van der Waals surface area contributed by atoms with Gasteiger partial charge >= 0.3 is 0 Å². The van der Waals surface area contributed by atoms with Crippen molar-refractivity contribution in [1.82, 2.24) is 9.21 Å². The van der Waals surface area contributed by atoms with Crippen LogP contribution >= 0.6 is 0 Å². The van der Waals surface area contributed by atoms with Gasteiger partial charge in [0.2, 0.25) is 20.0 Å². The number of hydrogen-bond acceptors (Lipinski definition) is 6. The first kappa shape index (κ1) is 23.0. The summed E-state index contributed by atoms with van der Waals surface area (Å²) < 4.78 is 56.5. The van der Waals surface area contributed by atoms with Crippen molar-refractivity contribution in [1.29, 1.82) is 0 Å². The number of ether oxygens (including phenoxy) is 1. The minimum Gasteiger partial charge on any atom is -0.484 e. The number of amides is 1. The molecule has 11 heteroatoms. The Morgan fingerprint density at radius 2 is 1.52 bits per heavy atom. The number of carbonyl (C=O) groups excluding carboxylic acids is 1. The molecule has 0 atom stereocenters. The molecule has 2 aromatic rings. The predicted molar refractivity (Wildman–Crippen MR) is 117 cm³/mol. The number of hydrogen-bond donors (Lipinski definition) is 0. The largest absolute Gasteiger partial charge is 0.484 e. The third-order valence-corrected chi connectivity index (χ3v) is 8.15. The van der Waals surface area contributed by atoms with Gasteiger partial charge in [0.15, 0.2) is 6.61 Å². The van der Waals surface area contributed by atoms with Gasteiger partial charge in [-0.25, -0.2) is 16.8 Å². The van der Waals surface area contributed by atoms with Crippen molar-refractivity contribution in [3.05, 3.63) is 54.6 Å². The van der Waals surface area contributed by atoms with E-state index in [2.05, 4.69) is 0 Å². The molecule has 1 saturated heterocycles. The van der Waals surface area contributed by atoms with E-state index in [1.807, 2.05) is 0 Å². The van der Waals surface area contributed by atoms with E-state index in [-0.39, 0.29) is 43.6 Å². The minimum absolute atomic E-state index is 0.188. The van der Waals surface area contributed by atoms with Crippen LogP contribution < -0.4 is 9.04 Å². The van der Waals surface area contributed by atoms with Gasteiger partial charge in [0.1, 0.15) is 5.75 Å². The molecule has 9 nitrogen and oxygen atoms in total. The molecule has 1 heterocycles. The molecule has 31 heavy (non-hydrogen) atoms. The zero-order valence-corrected chi connectivity index (χ0v) is 19.0. The van der Waals surface area contributed by atoms with E-state index in [0.717, 1.165) is 10.6 Å². The van der Waals surface area contributed by atoms with Crippen molar-refractivity contribution in [3.63, 3.8) is 0 Å². The molecule has 0 spiro atoms. The third kappa shape index (κ3) is 5.54. The summed E-state index contributed by atoms with van der Waals surface area (Å²) in [6.07, 6.45) is 1.11. The maximum Gasteiger partial charge on any atom is 0.260 e. The standard InChI is InChI=1S/C20H25N3O6S2/c1-21(30(2,25)26)17-8-10-18(11-9-17)29-16-20(24)22-12-14-23(15-13-22)31(27,28)19-6-4-3-5-7-19/h3-11H,12-16H2,1-2H3. The van der Waals surface area contributed by atoms with Crippen LogP contribution in [0, 0.1) is 0 Å². The summed E-state index contributed by atoms with van der Waals surface area (Å²) in [6.45, 7) is 0.816. The van der Waals surface area contributed by atoms with Gasteiger partial charge in [-0.15, -0.1) is 0 Å². The molecule has 0 bridgehead atoms. The lowest BCUT2D eigenvalue weighted by atomic mass is 10.3. The molecule has 168 valence electrons. The predicted octanol–water partition coefficient (Wildman–Crippen LogP) is 0.994. The van der Waals surface area contributed by atoms with Gasteiger partial charge in [0, 0.05) is 33.2 Å². The van der Waals surface area contributed by atoms with E-state index < -0.39 is 20.0 Å². The van der Waals surface area contributed by atoms with Crippen LogP contribution in [0.3, 0.4) is 0 Å². The Morgan fingerprint density at radius 3 is 2.06 bits per heavy atom. The first-order valence-electron chi connectivity index (χ1n) is 9.59. The van der Waals surface area contributed by atoms with E-state index >= 15 is 0 Å². The second-order valence-electron chi connectivity index (χ2n) is 7.11. The zero-order valence-electron chi connectivity index (χ0n) is 17.3. The van der Waals surface area contributed by atoms with E-state index in [4.69, 9.17) is 4.74 Å². The van der Waals surface area contributed by atoms with Crippen LogP contribution in [0.15, 0.2) is 59.5 Å². The molecule has 0 N–H and O–H groups in total. The average Bonchev–Trinajstić information content (AvgIpc) is 2.77. The molecule has 0 radical (unpaired) electrons. The Kier molecular flexibility index (Phi) is 6.87.